The van der Waals surface area contributed by atoms with E-state index in [1.807, 2.05) is 0 Å². The Morgan fingerprint density at radius 1 is 1.44 bits per heavy atom. The van der Waals surface area contributed by atoms with Crippen molar-refractivity contribution < 1.29 is 4.79 Å². The number of nitrogens with two attached hydrogens (primary N) is 2. The number of pyridine rings is 1. The van der Waals surface area contributed by atoms with Crippen LogP contribution >= 0.6 is 0 Å². The van der Waals surface area contributed by atoms with Crippen LogP contribution in [-0.4, -0.2) is 17.4 Å². The third-order valence-corrected chi connectivity index (χ3v) is 1.97. The van der Waals surface area contributed by atoms with Crippen molar-refractivity contribution in [3.05, 3.63) is 17.8 Å². The molecule has 0 aliphatic rings. The first-order valence-corrected chi connectivity index (χ1v) is 5.10. The lowest BCUT2D eigenvalue weighted by Crippen LogP contribution is -2.21. The number of hydrogen-bond acceptors (Lipinski definition) is 4. The van der Waals surface area contributed by atoms with Crippen LogP contribution in [0, 0.1) is 5.41 Å². The summed E-state index contributed by atoms with van der Waals surface area (Å²) in [5.74, 6) is -0.0509. The molecule has 0 bridgehead atoms. The van der Waals surface area contributed by atoms with Crippen LogP contribution in [0.25, 0.3) is 0 Å². The summed E-state index contributed by atoms with van der Waals surface area (Å²) in [6.45, 7) is 6.99. The summed E-state index contributed by atoms with van der Waals surface area (Å²) in [6.07, 6.45) is 0. The van der Waals surface area contributed by atoms with Gasteiger partial charge >= 0.3 is 0 Å². The Balaban J connectivity index is 2.86. The second kappa shape index (κ2) is 4.38. The fourth-order valence-corrected chi connectivity index (χ4v) is 1.10. The summed E-state index contributed by atoms with van der Waals surface area (Å²) >= 11 is 0. The van der Waals surface area contributed by atoms with Crippen LogP contribution in [0.1, 0.15) is 31.3 Å². The highest BCUT2D eigenvalue weighted by Gasteiger charge is 2.12. The van der Waals surface area contributed by atoms with E-state index in [2.05, 4.69) is 31.1 Å². The van der Waals surface area contributed by atoms with Gasteiger partial charge in [-0.25, -0.2) is 4.98 Å². The van der Waals surface area contributed by atoms with Gasteiger partial charge in [-0.3, -0.25) is 4.79 Å². The summed E-state index contributed by atoms with van der Waals surface area (Å²) in [6, 6.07) is 3.14. The Morgan fingerprint density at radius 2 is 2.06 bits per heavy atom. The van der Waals surface area contributed by atoms with Gasteiger partial charge in [-0.05, 0) is 17.5 Å². The highest BCUT2D eigenvalue weighted by Crippen LogP contribution is 2.19. The molecule has 1 rings (SSSR count). The van der Waals surface area contributed by atoms with Gasteiger partial charge in [0.25, 0.3) is 5.91 Å². The van der Waals surface area contributed by atoms with Gasteiger partial charge in [0.1, 0.15) is 11.5 Å². The molecule has 0 spiro atoms. The number of nitrogen functional groups attached to an aromatic ring is 1. The molecule has 0 unspecified atom stereocenters. The molecule has 16 heavy (non-hydrogen) atoms. The van der Waals surface area contributed by atoms with Crippen molar-refractivity contribution in [2.75, 3.05) is 17.6 Å². The number of carbonyl (C=O) groups excluding carboxylic acids is 1. The van der Waals surface area contributed by atoms with Crippen LogP contribution < -0.4 is 16.8 Å². The van der Waals surface area contributed by atoms with Gasteiger partial charge in [0, 0.05) is 6.54 Å². The zero-order chi connectivity index (χ0) is 12.3. The Kier molecular flexibility index (Phi) is 3.37. The zero-order valence-electron chi connectivity index (χ0n) is 9.87. The lowest BCUT2D eigenvalue weighted by Gasteiger charge is -2.20. The largest absolute Gasteiger partial charge is 0.396 e. The van der Waals surface area contributed by atoms with Crippen molar-refractivity contribution >= 4 is 17.4 Å². The minimum absolute atomic E-state index is 0.108. The topological polar surface area (TPSA) is 94.0 Å². The molecule has 0 fully saturated rings. The Labute approximate surface area is 95.2 Å². The predicted molar refractivity (Wildman–Crippen MR) is 65.1 cm³/mol. The predicted octanol–water partition coefficient (Wildman–Crippen LogP) is 1.22. The van der Waals surface area contributed by atoms with Crippen LogP contribution in [0.15, 0.2) is 12.1 Å². The summed E-state index contributed by atoms with van der Waals surface area (Å²) in [5, 5.41) is 3.10. The fourth-order valence-electron chi connectivity index (χ4n) is 1.10. The van der Waals surface area contributed by atoms with E-state index >= 15 is 0 Å². The van der Waals surface area contributed by atoms with Gasteiger partial charge in [0.2, 0.25) is 0 Å². The third-order valence-electron chi connectivity index (χ3n) is 1.97. The third kappa shape index (κ3) is 3.42. The molecule has 0 aromatic carbocycles. The highest BCUT2D eigenvalue weighted by molar-refractivity contribution is 5.91. The van der Waals surface area contributed by atoms with Gasteiger partial charge in [-0.1, -0.05) is 20.8 Å². The lowest BCUT2D eigenvalue weighted by atomic mass is 9.97. The van der Waals surface area contributed by atoms with Gasteiger partial charge in [0.05, 0.1) is 5.69 Å². The van der Waals surface area contributed by atoms with E-state index in [-0.39, 0.29) is 11.1 Å². The minimum Gasteiger partial charge on any atom is -0.396 e. The number of primary amides is 1. The van der Waals surface area contributed by atoms with Gasteiger partial charge in [0.15, 0.2) is 0 Å². The van der Waals surface area contributed by atoms with E-state index < -0.39 is 5.91 Å². The maximum absolute atomic E-state index is 11.0. The Hall–Kier alpha value is -1.78. The lowest BCUT2D eigenvalue weighted by molar-refractivity contribution is 0.0996. The molecule has 0 aliphatic carbocycles. The zero-order valence-corrected chi connectivity index (χ0v) is 9.87. The second-order valence-electron chi connectivity index (χ2n) is 4.91. The van der Waals surface area contributed by atoms with Crippen molar-refractivity contribution in [3.63, 3.8) is 0 Å². The summed E-state index contributed by atoms with van der Waals surface area (Å²) in [5.41, 5.74) is 11.7. The van der Waals surface area contributed by atoms with E-state index in [0.717, 1.165) is 0 Å². The molecule has 88 valence electrons. The molecular formula is C11H18N4O. The van der Waals surface area contributed by atoms with E-state index in [0.29, 0.717) is 18.1 Å². The van der Waals surface area contributed by atoms with Crippen molar-refractivity contribution in [2.24, 2.45) is 11.1 Å². The first-order chi connectivity index (χ1) is 7.29. The highest BCUT2D eigenvalue weighted by atomic mass is 16.1. The number of hydrogen-bond donors (Lipinski definition) is 3. The maximum atomic E-state index is 11.0. The summed E-state index contributed by atoms with van der Waals surface area (Å²) < 4.78 is 0. The van der Waals surface area contributed by atoms with Crippen LogP contribution in [0.2, 0.25) is 0 Å². The Morgan fingerprint density at radius 3 is 2.56 bits per heavy atom. The fraction of sp³-hybridized carbons (Fsp3) is 0.455. The first kappa shape index (κ1) is 12.3. The quantitative estimate of drug-likeness (QED) is 0.716. The van der Waals surface area contributed by atoms with Crippen LogP contribution in [0.4, 0.5) is 11.5 Å². The summed E-state index contributed by atoms with van der Waals surface area (Å²) in [7, 11) is 0. The molecule has 1 heterocycles. The standard InChI is InChI=1S/C11H18N4O/c1-11(2,3)6-14-10-7(12)4-5-8(15-10)9(13)16/h4-5H,6,12H2,1-3H3,(H2,13,16)(H,14,15). The van der Waals surface area contributed by atoms with Crippen molar-refractivity contribution in [2.45, 2.75) is 20.8 Å². The second-order valence-corrected chi connectivity index (χ2v) is 4.91. The molecular weight excluding hydrogens is 204 g/mol. The van der Waals surface area contributed by atoms with E-state index in [9.17, 15) is 4.79 Å². The molecule has 5 nitrogen and oxygen atoms in total. The molecule has 1 aromatic rings. The molecule has 1 amide bonds. The average molecular weight is 222 g/mol. The summed E-state index contributed by atoms with van der Waals surface area (Å²) in [4.78, 5) is 15.0. The number of anilines is 2. The molecule has 5 heteroatoms. The number of rotatable bonds is 3. The molecule has 0 radical (unpaired) electrons. The van der Waals surface area contributed by atoms with Crippen LogP contribution in [0.3, 0.4) is 0 Å². The molecule has 0 saturated heterocycles. The normalized spacial score (nSPS) is 11.2. The molecule has 0 atom stereocenters. The van der Waals surface area contributed by atoms with Crippen LogP contribution in [0.5, 0.6) is 0 Å². The van der Waals surface area contributed by atoms with E-state index in [1.165, 1.54) is 6.07 Å². The number of aromatic nitrogens is 1. The van der Waals surface area contributed by atoms with Crippen LogP contribution in [-0.2, 0) is 0 Å². The molecule has 1 aromatic heterocycles. The number of nitrogens with zero attached hydrogens (tertiary/aromatic N) is 1. The van der Waals surface area contributed by atoms with E-state index in [1.54, 1.807) is 6.07 Å². The van der Waals surface area contributed by atoms with Crippen molar-refractivity contribution in [3.8, 4) is 0 Å². The first-order valence-electron chi connectivity index (χ1n) is 5.10. The number of carbonyl (C=O) groups is 1. The van der Waals surface area contributed by atoms with Gasteiger partial charge < -0.3 is 16.8 Å². The van der Waals surface area contributed by atoms with Gasteiger partial charge in [-0.15, -0.1) is 0 Å². The monoisotopic (exact) mass is 222 g/mol. The Bertz CT molecular complexity index is 395. The minimum atomic E-state index is -0.557. The molecule has 5 N–H and O–H groups in total. The van der Waals surface area contributed by atoms with Crippen molar-refractivity contribution in [1.29, 1.82) is 0 Å². The number of amides is 1. The van der Waals surface area contributed by atoms with Crippen molar-refractivity contribution in [1.82, 2.24) is 4.98 Å². The van der Waals surface area contributed by atoms with E-state index in [4.69, 9.17) is 11.5 Å². The molecule has 0 saturated carbocycles. The number of nitrogens with one attached hydrogen (secondary N) is 1. The smallest absolute Gasteiger partial charge is 0.267 e. The SMILES string of the molecule is CC(C)(C)CNc1nc(C(N)=O)ccc1N. The maximum Gasteiger partial charge on any atom is 0.267 e. The van der Waals surface area contributed by atoms with Gasteiger partial charge in [-0.2, -0.15) is 0 Å². The average Bonchev–Trinajstić information content (AvgIpc) is 2.14. The molecule has 0 aliphatic heterocycles.